The van der Waals surface area contributed by atoms with Gasteiger partial charge in [0.05, 0.1) is 17.3 Å². The SMILES string of the molecule is CNS(=O)(=O)CC(=O)N1CC(C)C(=O)N(C)c2ccccc21. The topological polar surface area (TPSA) is 86.8 Å². The molecule has 7 nitrogen and oxygen atoms in total. The fourth-order valence-electron chi connectivity index (χ4n) is 2.42. The number of rotatable bonds is 3. The van der Waals surface area contributed by atoms with Crippen molar-refractivity contribution in [2.45, 2.75) is 6.92 Å². The van der Waals surface area contributed by atoms with Gasteiger partial charge < -0.3 is 9.80 Å². The third-order valence-corrected chi connectivity index (χ3v) is 4.92. The van der Waals surface area contributed by atoms with E-state index < -0.39 is 27.6 Å². The third kappa shape index (κ3) is 3.12. The summed E-state index contributed by atoms with van der Waals surface area (Å²) in [6.45, 7) is 1.87. The Hall–Kier alpha value is -1.93. The van der Waals surface area contributed by atoms with Crippen molar-refractivity contribution in [1.82, 2.24) is 4.72 Å². The predicted molar refractivity (Wildman–Crippen MR) is 84.2 cm³/mol. The summed E-state index contributed by atoms with van der Waals surface area (Å²) >= 11 is 0. The van der Waals surface area contributed by atoms with Crippen LogP contribution < -0.4 is 14.5 Å². The Labute approximate surface area is 129 Å². The molecule has 120 valence electrons. The van der Waals surface area contributed by atoms with Crippen molar-refractivity contribution in [2.24, 2.45) is 5.92 Å². The monoisotopic (exact) mass is 325 g/mol. The minimum absolute atomic E-state index is 0.112. The molecule has 0 spiro atoms. The summed E-state index contributed by atoms with van der Waals surface area (Å²) < 4.78 is 25.4. The first-order valence-corrected chi connectivity index (χ1v) is 8.50. The largest absolute Gasteiger partial charge is 0.313 e. The average molecular weight is 325 g/mol. The van der Waals surface area contributed by atoms with E-state index >= 15 is 0 Å². The summed E-state index contributed by atoms with van der Waals surface area (Å²) in [5, 5.41) is 0. The summed E-state index contributed by atoms with van der Waals surface area (Å²) in [5.41, 5.74) is 1.13. The van der Waals surface area contributed by atoms with Crippen LogP contribution in [0, 0.1) is 5.92 Å². The smallest absolute Gasteiger partial charge is 0.243 e. The molecular formula is C14H19N3O4S. The summed E-state index contributed by atoms with van der Waals surface area (Å²) in [6, 6.07) is 6.96. The number of nitrogens with zero attached hydrogens (tertiary/aromatic N) is 2. The van der Waals surface area contributed by atoms with Gasteiger partial charge in [-0.2, -0.15) is 0 Å². The van der Waals surface area contributed by atoms with Crippen LogP contribution in [-0.4, -0.2) is 46.6 Å². The Morgan fingerprint density at radius 2 is 1.91 bits per heavy atom. The molecule has 1 heterocycles. The molecule has 8 heteroatoms. The molecule has 0 bridgehead atoms. The van der Waals surface area contributed by atoms with Crippen LogP contribution in [0.3, 0.4) is 0 Å². The third-order valence-electron chi connectivity index (χ3n) is 3.67. The summed E-state index contributed by atoms with van der Waals surface area (Å²) in [6.07, 6.45) is 0. The molecule has 1 unspecified atom stereocenters. The highest BCUT2D eigenvalue weighted by atomic mass is 32.2. The minimum atomic E-state index is -3.67. The standard InChI is InChI=1S/C14H19N3O4S/c1-10-8-17(13(18)9-22(20,21)15-2)12-7-5-4-6-11(12)16(3)14(10)19/h4-7,10,15H,8-9H2,1-3H3. The molecule has 22 heavy (non-hydrogen) atoms. The molecule has 1 atom stereocenters. The Balaban J connectivity index is 2.44. The molecule has 2 rings (SSSR count). The minimum Gasteiger partial charge on any atom is -0.313 e. The van der Waals surface area contributed by atoms with Gasteiger partial charge >= 0.3 is 0 Å². The van der Waals surface area contributed by atoms with E-state index in [2.05, 4.69) is 4.72 Å². The van der Waals surface area contributed by atoms with Gasteiger partial charge in [-0.05, 0) is 19.2 Å². The van der Waals surface area contributed by atoms with Crippen LogP contribution in [-0.2, 0) is 19.6 Å². The van der Waals surface area contributed by atoms with E-state index in [1.807, 2.05) is 0 Å². The Morgan fingerprint density at radius 1 is 1.32 bits per heavy atom. The van der Waals surface area contributed by atoms with Gasteiger partial charge in [-0.25, -0.2) is 13.1 Å². The summed E-state index contributed by atoms with van der Waals surface area (Å²) in [4.78, 5) is 27.6. The number of sulfonamides is 1. The molecule has 1 aliphatic rings. The maximum absolute atomic E-state index is 12.4. The molecule has 0 saturated carbocycles. The predicted octanol–water partition coefficient (Wildman–Crippen LogP) is 0.181. The van der Waals surface area contributed by atoms with Gasteiger partial charge in [0.15, 0.2) is 0 Å². The second-order valence-corrected chi connectivity index (χ2v) is 7.18. The molecular weight excluding hydrogens is 306 g/mol. The van der Waals surface area contributed by atoms with Crippen LogP contribution in [0.4, 0.5) is 11.4 Å². The van der Waals surface area contributed by atoms with Crippen molar-refractivity contribution < 1.29 is 18.0 Å². The molecule has 0 fully saturated rings. The number of amides is 2. The van der Waals surface area contributed by atoms with Crippen LogP contribution in [0.15, 0.2) is 24.3 Å². The van der Waals surface area contributed by atoms with Crippen molar-refractivity contribution in [3.63, 3.8) is 0 Å². The molecule has 0 aliphatic carbocycles. The normalized spacial score (nSPS) is 18.9. The van der Waals surface area contributed by atoms with Crippen molar-refractivity contribution in [1.29, 1.82) is 0 Å². The first-order valence-electron chi connectivity index (χ1n) is 6.85. The lowest BCUT2D eigenvalue weighted by molar-refractivity contribution is -0.121. The zero-order chi connectivity index (χ0) is 16.5. The Bertz CT molecular complexity index is 702. The number of carbonyl (C=O) groups excluding carboxylic acids is 2. The van der Waals surface area contributed by atoms with E-state index in [1.165, 1.54) is 16.8 Å². The lowest BCUT2D eigenvalue weighted by atomic mass is 10.1. The van der Waals surface area contributed by atoms with Crippen LogP contribution in [0.25, 0.3) is 0 Å². The maximum Gasteiger partial charge on any atom is 0.243 e. The second-order valence-electron chi connectivity index (χ2n) is 5.25. The van der Waals surface area contributed by atoms with Crippen molar-refractivity contribution >= 4 is 33.2 Å². The van der Waals surface area contributed by atoms with E-state index in [0.29, 0.717) is 11.4 Å². The fourth-order valence-corrected chi connectivity index (χ4v) is 3.05. The van der Waals surface area contributed by atoms with Gasteiger partial charge in [-0.3, -0.25) is 9.59 Å². The van der Waals surface area contributed by atoms with E-state index in [1.54, 1.807) is 38.2 Å². The van der Waals surface area contributed by atoms with E-state index in [4.69, 9.17) is 0 Å². The number of anilines is 2. The van der Waals surface area contributed by atoms with E-state index in [-0.39, 0.29) is 12.5 Å². The van der Waals surface area contributed by atoms with E-state index in [0.717, 1.165) is 0 Å². The van der Waals surface area contributed by atoms with Crippen LogP contribution >= 0.6 is 0 Å². The van der Waals surface area contributed by atoms with Gasteiger partial charge in [0, 0.05) is 13.6 Å². The molecule has 0 radical (unpaired) electrons. The van der Waals surface area contributed by atoms with Crippen LogP contribution in [0.5, 0.6) is 0 Å². The zero-order valence-corrected chi connectivity index (χ0v) is 13.6. The van der Waals surface area contributed by atoms with Crippen molar-refractivity contribution in [2.75, 3.05) is 36.2 Å². The molecule has 0 aromatic heterocycles. The fraction of sp³-hybridized carbons (Fsp3) is 0.429. The first-order chi connectivity index (χ1) is 10.3. The second kappa shape index (κ2) is 6.05. The summed E-state index contributed by atoms with van der Waals surface area (Å²) in [7, 11) is -0.755. The maximum atomic E-state index is 12.4. The number of carbonyl (C=O) groups is 2. The van der Waals surface area contributed by atoms with Gasteiger partial charge in [-0.15, -0.1) is 0 Å². The highest BCUT2D eigenvalue weighted by Crippen LogP contribution is 2.33. The highest BCUT2D eigenvalue weighted by Gasteiger charge is 2.33. The number of benzene rings is 1. The van der Waals surface area contributed by atoms with Gasteiger partial charge in [-0.1, -0.05) is 19.1 Å². The highest BCUT2D eigenvalue weighted by molar-refractivity contribution is 7.90. The van der Waals surface area contributed by atoms with Crippen molar-refractivity contribution in [3.05, 3.63) is 24.3 Å². The lowest BCUT2D eigenvalue weighted by Gasteiger charge is -2.23. The molecule has 2 amide bonds. The van der Waals surface area contributed by atoms with E-state index in [9.17, 15) is 18.0 Å². The quantitative estimate of drug-likeness (QED) is 0.859. The molecule has 0 saturated heterocycles. The van der Waals surface area contributed by atoms with Gasteiger partial charge in [0.25, 0.3) is 0 Å². The average Bonchev–Trinajstić information content (AvgIpc) is 2.58. The van der Waals surface area contributed by atoms with Crippen molar-refractivity contribution in [3.8, 4) is 0 Å². The number of fused-ring (bicyclic) bond motifs is 1. The molecule has 1 N–H and O–H groups in total. The molecule has 1 aromatic rings. The number of hydrogen-bond donors (Lipinski definition) is 1. The Kier molecular flexibility index (Phi) is 4.52. The van der Waals surface area contributed by atoms with Crippen LogP contribution in [0.2, 0.25) is 0 Å². The molecule has 1 aliphatic heterocycles. The van der Waals surface area contributed by atoms with Crippen LogP contribution in [0.1, 0.15) is 6.92 Å². The summed E-state index contributed by atoms with van der Waals surface area (Å²) in [5.74, 6) is -1.74. The van der Waals surface area contributed by atoms with Gasteiger partial charge in [0.1, 0.15) is 5.75 Å². The first kappa shape index (κ1) is 16.4. The lowest BCUT2D eigenvalue weighted by Crippen LogP contribution is -2.41. The number of para-hydroxylation sites is 2. The number of nitrogens with one attached hydrogen (secondary N) is 1. The molecule has 1 aromatic carbocycles. The Morgan fingerprint density at radius 3 is 2.50 bits per heavy atom. The number of hydrogen-bond acceptors (Lipinski definition) is 4. The zero-order valence-electron chi connectivity index (χ0n) is 12.7. The van der Waals surface area contributed by atoms with Gasteiger partial charge in [0.2, 0.25) is 21.8 Å².